The third-order valence-electron chi connectivity index (χ3n) is 1.96. The molecule has 0 atom stereocenters. The number of carbonyl (C=O) groups is 3. The summed E-state index contributed by atoms with van der Waals surface area (Å²) in [6, 6.07) is 6.95. The molecule has 0 fully saturated rings. The molecule has 18 heavy (non-hydrogen) atoms. The van der Waals surface area contributed by atoms with Gasteiger partial charge in [-0.05, 0) is 34.7 Å². The van der Waals surface area contributed by atoms with Crippen LogP contribution in [0.25, 0.3) is 0 Å². The molecule has 96 valence electrons. The van der Waals surface area contributed by atoms with Crippen LogP contribution in [0, 0.1) is 3.57 Å². The molecule has 0 saturated heterocycles. The molecule has 1 aromatic carbocycles. The molecule has 0 radical (unpaired) electrons. The number of hydrogen-bond acceptors (Lipinski definition) is 3. The van der Waals surface area contributed by atoms with Crippen molar-refractivity contribution in [3.63, 3.8) is 0 Å². The third-order valence-corrected chi connectivity index (χ3v) is 2.91. The molecule has 0 aliphatic rings. The molecule has 1 rings (SSSR count). The van der Waals surface area contributed by atoms with E-state index >= 15 is 0 Å². The minimum Gasteiger partial charge on any atom is -0.480 e. The summed E-state index contributed by atoms with van der Waals surface area (Å²) < 4.78 is 0.776. The Kier molecular flexibility index (Phi) is 5.56. The van der Waals surface area contributed by atoms with Gasteiger partial charge in [0.05, 0.1) is 12.1 Å². The second kappa shape index (κ2) is 6.94. The van der Waals surface area contributed by atoms with Gasteiger partial charge in [-0.15, -0.1) is 0 Å². The van der Waals surface area contributed by atoms with Gasteiger partial charge in [0.1, 0.15) is 6.54 Å². The Morgan fingerprint density at radius 3 is 2.39 bits per heavy atom. The molecule has 0 heterocycles. The first-order valence-corrected chi connectivity index (χ1v) is 6.10. The number of carboxylic acids is 1. The second-order valence-corrected chi connectivity index (χ2v) is 4.50. The summed E-state index contributed by atoms with van der Waals surface area (Å²) in [4.78, 5) is 33.1. The number of nitrogens with one attached hydrogen (secondary N) is 2. The zero-order valence-corrected chi connectivity index (χ0v) is 11.4. The average Bonchev–Trinajstić information content (AvgIpc) is 2.34. The fraction of sp³-hybridized carbons (Fsp3) is 0.182. The first-order valence-electron chi connectivity index (χ1n) is 5.02. The molecular formula is C11H11IN2O4. The molecule has 1 aromatic rings. The van der Waals surface area contributed by atoms with E-state index in [4.69, 9.17) is 5.11 Å². The number of carbonyl (C=O) groups excluding carboxylic acids is 2. The summed E-state index contributed by atoms with van der Waals surface area (Å²) >= 11 is 2.02. The van der Waals surface area contributed by atoms with Crippen molar-refractivity contribution in [2.75, 3.05) is 13.1 Å². The lowest BCUT2D eigenvalue weighted by atomic mass is 10.2. The predicted molar refractivity (Wildman–Crippen MR) is 72.1 cm³/mol. The zero-order valence-electron chi connectivity index (χ0n) is 9.27. The smallest absolute Gasteiger partial charge is 0.322 e. The Labute approximate surface area is 117 Å². The summed E-state index contributed by atoms with van der Waals surface area (Å²) in [6.07, 6.45) is 0. The fourth-order valence-electron chi connectivity index (χ4n) is 1.14. The van der Waals surface area contributed by atoms with Gasteiger partial charge in [0, 0.05) is 3.57 Å². The molecule has 0 unspecified atom stereocenters. The highest BCUT2D eigenvalue weighted by atomic mass is 127. The van der Waals surface area contributed by atoms with Crippen molar-refractivity contribution in [3.05, 3.63) is 33.4 Å². The number of carboxylic acid groups (broad SMARTS) is 1. The molecule has 0 aliphatic heterocycles. The number of rotatable bonds is 5. The molecule has 0 spiro atoms. The summed E-state index contributed by atoms with van der Waals surface area (Å²) in [7, 11) is 0. The van der Waals surface area contributed by atoms with E-state index in [9.17, 15) is 14.4 Å². The molecule has 2 amide bonds. The van der Waals surface area contributed by atoms with E-state index in [-0.39, 0.29) is 12.5 Å². The molecule has 7 heteroatoms. The van der Waals surface area contributed by atoms with Gasteiger partial charge >= 0.3 is 5.97 Å². The van der Waals surface area contributed by atoms with E-state index in [1.165, 1.54) is 0 Å². The number of halogens is 1. The van der Waals surface area contributed by atoms with E-state index < -0.39 is 18.4 Å². The van der Waals surface area contributed by atoms with Gasteiger partial charge in [-0.1, -0.05) is 12.1 Å². The summed E-state index contributed by atoms with van der Waals surface area (Å²) in [5, 5.41) is 12.9. The van der Waals surface area contributed by atoms with Crippen LogP contribution in [0.2, 0.25) is 0 Å². The number of aliphatic carboxylic acids is 1. The Morgan fingerprint density at radius 2 is 1.78 bits per heavy atom. The largest absolute Gasteiger partial charge is 0.480 e. The lowest BCUT2D eigenvalue weighted by molar-refractivity contribution is -0.137. The first-order chi connectivity index (χ1) is 8.50. The fourth-order valence-corrected chi connectivity index (χ4v) is 1.77. The van der Waals surface area contributed by atoms with Crippen molar-refractivity contribution in [2.45, 2.75) is 0 Å². The maximum absolute atomic E-state index is 11.7. The molecule has 0 aliphatic carbocycles. The van der Waals surface area contributed by atoms with Crippen LogP contribution >= 0.6 is 22.6 Å². The van der Waals surface area contributed by atoms with Crippen molar-refractivity contribution < 1.29 is 19.5 Å². The van der Waals surface area contributed by atoms with E-state index in [2.05, 4.69) is 10.6 Å². The van der Waals surface area contributed by atoms with Crippen molar-refractivity contribution in [1.82, 2.24) is 10.6 Å². The monoisotopic (exact) mass is 362 g/mol. The highest BCUT2D eigenvalue weighted by Gasteiger charge is 2.10. The van der Waals surface area contributed by atoms with Crippen LogP contribution in [0.1, 0.15) is 10.4 Å². The summed E-state index contributed by atoms with van der Waals surface area (Å²) in [5.74, 6) is -2.05. The van der Waals surface area contributed by atoms with E-state index in [0.29, 0.717) is 5.56 Å². The van der Waals surface area contributed by atoms with E-state index in [1.807, 2.05) is 22.6 Å². The number of amides is 2. The summed E-state index contributed by atoms with van der Waals surface area (Å²) in [6.45, 7) is -0.714. The van der Waals surface area contributed by atoms with Gasteiger partial charge < -0.3 is 15.7 Å². The first kappa shape index (κ1) is 14.4. The third kappa shape index (κ3) is 4.70. The number of hydrogen-bond donors (Lipinski definition) is 3. The highest BCUT2D eigenvalue weighted by molar-refractivity contribution is 14.1. The quantitative estimate of drug-likeness (QED) is 0.654. The van der Waals surface area contributed by atoms with Crippen LogP contribution in [0.15, 0.2) is 24.3 Å². The van der Waals surface area contributed by atoms with Crippen LogP contribution in [0.5, 0.6) is 0 Å². The van der Waals surface area contributed by atoms with Gasteiger partial charge in [0.25, 0.3) is 5.91 Å². The minimum absolute atomic E-state index is 0.253. The second-order valence-electron chi connectivity index (χ2n) is 3.33. The Morgan fingerprint density at radius 1 is 1.11 bits per heavy atom. The lowest BCUT2D eigenvalue weighted by Crippen LogP contribution is -2.39. The predicted octanol–water partition coefficient (Wildman–Crippen LogP) is 0.222. The van der Waals surface area contributed by atoms with Gasteiger partial charge in [-0.25, -0.2) is 0 Å². The van der Waals surface area contributed by atoms with Crippen molar-refractivity contribution in [2.24, 2.45) is 0 Å². The summed E-state index contributed by atoms with van der Waals surface area (Å²) in [5.41, 5.74) is 0.476. The van der Waals surface area contributed by atoms with Crippen LogP contribution in [-0.4, -0.2) is 36.0 Å². The Hall–Kier alpha value is -1.64. The maximum atomic E-state index is 11.7. The average molecular weight is 362 g/mol. The normalized spacial score (nSPS) is 9.61. The zero-order chi connectivity index (χ0) is 13.5. The van der Waals surface area contributed by atoms with Crippen molar-refractivity contribution >= 4 is 40.4 Å². The lowest BCUT2D eigenvalue weighted by Gasteiger charge is -2.06. The van der Waals surface area contributed by atoms with Crippen molar-refractivity contribution in [1.29, 1.82) is 0 Å². The van der Waals surface area contributed by atoms with Crippen LogP contribution < -0.4 is 10.6 Å². The minimum atomic E-state index is -1.13. The van der Waals surface area contributed by atoms with E-state index in [1.54, 1.807) is 24.3 Å². The van der Waals surface area contributed by atoms with Crippen molar-refractivity contribution in [3.8, 4) is 0 Å². The highest BCUT2D eigenvalue weighted by Crippen LogP contribution is 2.10. The molecule has 3 N–H and O–H groups in total. The SMILES string of the molecule is O=C(O)CNC(=O)CNC(=O)c1ccccc1I. The van der Waals surface area contributed by atoms with Gasteiger partial charge in [0.15, 0.2) is 0 Å². The molecule has 0 aromatic heterocycles. The van der Waals surface area contributed by atoms with Gasteiger partial charge in [-0.2, -0.15) is 0 Å². The topological polar surface area (TPSA) is 95.5 Å². The van der Waals surface area contributed by atoms with Crippen LogP contribution in [0.3, 0.4) is 0 Å². The Bertz CT molecular complexity index is 476. The molecule has 6 nitrogen and oxygen atoms in total. The number of benzene rings is 1. The Balaban J connectivity index is 2.45. The maximum Gasteiger partial charge on any atom is 0.322 e. The van der Waals surface area contributed by atoms with E-state index in [0.717, 1.165) is 3.57 Å². The molecule has 0 bridgehead atoms. The standard InChI is InChI=1S/C11H11IN2O4/c12-8-4-2-1-3-7(8)11(18)14-5-9(15)13-6-10(16)17/h1-4H,5-6H2,(H,13,15)(H,14,18)(H,16,17). The van der Waals surface area contributed by atoms with Crippen LogP contribution in [-0.2, 0) is 9.59 Å². The van der Waals surface area contributed by atoms with Gasteiger partial charge in [0.2, 0.25) is 5.91 Å². The molecule has 0 saturated carbocycles. The van der Waals surface area contributed by atoms with Gasteiger partial charge in [-0.3, -0.25) is 14.4 Å². The van der Waals surface area contributed by atoms with Crippen LogP contribution in [0.4, 0.5) is 0 Å². The molecular weight excluding hydrogens is 351 g/mol.